The van der Waals surface area contributed by atoms with Crippen molar-refractivity contribution in [1.29, 1.82) is 0 Å². The first-order valence-corrected chi connectivity index (χ1v) is 6.87. The molecule has 3 aromatic rings. The topological polar surface area (TPSA) is 26.3 Å². The molecule has 20 heavy (non-hydrogen) atoms. The Morgan fingerprint density at radius 1 is 1.15 bits per heavy atom. The number of carbonyl (C=O) groups is 1. The van der Waals surface area contributed by atoms with Crippen molar-refractivity contribution in [3.8, 4) is 5.75 Å². The number of fused-ring (bicyclic) bond motifs is 1. The first-order chi connectivity index (χ1) is 9.67. The molecule has 0 bridgehead atoms. The van der Waals surface area contributed by atoms with Gasteiger partial charge in [0.05, 0.1) is 12.0 Å². The maximum Gasteiger partial charge on any atom is 0.203 e. The van der Waals surface area contributed by atoms with Crippen molar-refractivity contribution in [1.82, 2.24) is 0 Å². The van der Waals surface area contributed by atoms with Crippen LogP contribution in [0.1, 0.15) is 15.2 Å². The van der Waals surface area contributed by atoms with Gasteiger partial charge in [-0.3, -0.25) is 4.79 Å². The Bertz CT molecular complexity index is 792. The predicted molar refractivity (Wildman–Crippen MR) is 78.2 cm³/mol. The largest absolute Gasteiger partial charge is 0.497 e. The molecule has 100 valence electrons. The van der Waals surface area contributed by atoms with E-state index in [9.17, 15) is 9.18 Å². The summed E-state index contributed by atoms with van der Waals surface area (Å²) in [6.45, 7) is 0. The molecule has 0 atom stereocenters. The quantitative estimate of drug-likeness (QED) is 0.672. The fourth-order valence-electron chi connectivity index (χ4n) is 2.02. The third-order valence-electron chi connectivity index (χ3n) is 3.04. The summed E-state index contributed by atoms with van der Waals surface area (Å²) in [5.74, 6) is 0.272. The highest BCUT2D eigenvalue weighted by atomic mass is 32.1. The second-order valence-corrected chi connectivity index (χ2v) is 5.44. The zero-order chi connectivity index (χ0) is 14.1. The number of hydrogen-bond donors (Lipinski definition) is 0. The van der Waals surface area contributed by atoms with E-state index in [0.29, 0.717) is 16.2 Å². The molecule has 0 N–H and O–H groups in total. The Kier molecular flexibility index (Phi) is 3.24. The third kappa shape index (κ3) is 2.30. The van der Waals surface area contributed by atoms with Crippen LogP contribution in [0.4, 0.5) is 4.39 Å². The molecule has 2 nitrogen and oxygen atoms in total. The van der Waals surface area contributed by atoms with Crippen LogP contribution in [0.15, 0.2) is 48.5 Å². The molecule has 0 spiro atoms. The van der Waals surface area contributed by atoms with Crippen LogP contribution in [0.25, 0.3) is 10.1 Å². The summed E-state index contributed by atoms with van der Waals surface area (Å²) in [5.41, 5.74) is 0.566. The van der Waals surface area contributed by atoms with Gasteiger partial charge >= 0.3 is 0 Å². The number of ether oxygens (including phenoxy) is 1. The van der Waals surface area contributed by atoms with Gasteiger partial charge in [0.25, 0.3) is 0 Å². The minimum Gasteiger partial charge on any atom is -0.497 e. The van der Waals surface area contributed by atoms with Crippen molar-refractivity contribution < 1.29 is 13.9 Å². The second kappa shape index (κ2) is 5.06. The smallest absolute Gasteiger partial charge is 0.203 e. The van der Waals surface area contributed by atoms with Crippen molar-refractivity contribution in [2.75, 3.05) is 7.11 Å². The lowest BCUT2D eigenvalue weighted by atomic mass is 10.1. The van der Waals surface area contributed by atoms with E-state index in [-0.39, 0.29) is 11.6 Å². The molecule has 0 aliphatic carbocycles. The highest BCUT2D eigenvalue weighted by Crippen LogP contribution is 2.28. The molecule has 0 saturated carbocycles. The Balaban J connectivity index is 2.03. The zero-order valence-corrected chi connectivity index (χ0v) is 11.5. The summed E-state index contributed by atoms with van der Waals surface area (Å²) in [4.78, 5) is 13.0. The molecule has 1 heterocycles. The molecular formula is C16H11FO2S. The lowest BCUT2D eigenvalue weighted by Gasteiger charge is -2.02. The standard InChI is InChI=1S/C16H11FO2S/c1-19-13-4-2-3-11(7-13)16(18)15-8-10-5-6-12(17)9-14(10)20-15/h2-9H,1H3. The van der Waals surface area contributed by atoms with Gasteiger partial charge in [-0.1, -0.05) is 18.2 Å². The number of carbonyl (C=O) groups excluding carboxylic acids is 1. The maximum absolute atomic E-state index is 13.2. The van der Waals surface area contributed by atoms with E-state index in [4.69, 9.17) is 4.74 Å². The number of thiophene rings is 1. The molecule has 0 amide bonds. The minimum absolute atomic E-state index is 0.0782. The zero-order valence-electron chi connectivity index (χ0n) is 10.7. The fourth-order valence-corrected chi connectivity index (χ4v) is 3.07. The van der Waals surface area contributed by atoms with Gasteiger partial charge in [-0.25, -0.2) is 4.39 Å². The Morgan fingerprint density at radius 2 is 2.00 bits per heavy atom. The highest BCUT2D eigenvalue weighted by Gasteiger charge is 2.13. The van der Waals surface area contributed by atoms with Crippen molar-refractivity contribution in [2.45, 2.75) is 0 Å². The fraction of sp³-hybridized carbons (Fsp3) is 0.0625. The average Bonchev–Trinajstić information content (AvgIpc) is 2.89. The van der Waals surface area contributed by atoms with Gasteiger partial charge in [0.15, 0.2) is 0 Å². The van der Waals surface area contributed by atoms with Crippen LogP contribution in [0.3, 0.4) is 0 Å². The summed E-state index contributed by atoms with van der Waals surface area (Å²) in [6.07, 6.45) is 0. The lowest BCUT2D eigenvalue weighted by Crippen LogP contribution is -1.98. The van der Waals surface area contributed by atoms with E-state index in [1.165, 1.54) is 23.5 Å². The van der Waals surface area contributed by atoms with Crippen molar-refractivity contribution in [3.63, 3.8) is 0 Å². The molecule has 0 fully saturated rings. The number of benzene rings is 2. The Morgan fingerprint density at radius 3 is 2.80 bits per heavy atom. The number of halogens is 1. The van der Waals surface area contributed by atoms with Crippen LogP contribution >= 0.6 is 11.3 Å². The molecule has 0 unspecified atom stereocenters. The van der Waals surface area contributed by atoms with Gasteiger partial charge in [-0.15, -0.1) is 11.3 Å². The molecule has 0 aliphatic heterocycles. The van der Waals surface area contributed by atoms with Crippen LogP contribution in [-0.4, -0.2) is 12.9 Å². The predicted octanol–water partition coefficient (Wildman–Crippen LogP) is 4.28. The van der Waals surface area contributed by atoms with Crippen LogP contribution in [0.2, 0.25) is 0 Å². The van der Waals surface area contributed by atoms with Gasteiger partial charge in [-0.2, -0.15) is 0 Å². The number of hydrogen-bond acceptors (Lipinski definition) is 3. The van der Waals surface area contributed by atoms with Crippen LogP contribution in [-0.2, 0) is 0 Å². The first-order valence-electron chi connectivity index (χ1n) is 6.05. The molecule has 3 rings (SSSR count). The van der Waals surface area contributed by atoms with E-state index in [1.54, 1.807) is 43.5 Å². The molecule has 1 aromatic heterocycles. The van der Waals surface area contributed by atoms with E-state index < -0.39 is 0 Å². The van der Waals surface area contributed by atoms with Crippen molar-refractivity contribution in [2.24, 2.45) is 0 Å². The number of methoxy groups -OCH3 is 1. The highest BCUT2D eigenvalue weighted by molar-refractivity contribution is 7.21. The monoisotopic (exact) mass is 286 g/mol. The average molecular weight is 286 g/mol. The van der Waals surface area contributed by atoms with Gasteiger partial charge in [0, 0.05) is 10.3 Å². The summed E-state index contributed by atoms with van der Waals surface area (Å²) < 4.78 is 19.1. The first kappa shape index (κ1) is 12.8. The van der Waals surface area contributed by atoms with Crippen LogP contribution in [0, 0.1) is 5.82 Å². The van der Waals surface area contributed by atoms with E-state index in [1.807, 2.05) is 0 Å². The van der Waals surface area contributed by atoms with Crippen LogP contribution < -0.4 is 4.74 Å². The number of ketones is 1. The Labute approximate surface area is 119 Å². The van der Waals surface area contributed by atoms with Crippen LogP contribution in [0.5, 0.6) is 5.75 Å². The third-order valence-corrected chi connectivity index (χ3v) is 4.13. The lowest BCUT2D eigenvalue weighted by molar-refractivity contribution is 0.104. The van der Waals surface area contributed by atoms with Gasteiger partial charge in [-0.05, 0) is 35.7 Å². The van der Waals surface area contributed by atoms with E-state index >= 15 is 0 Å². The Hall–Kier alpha value is -2.20. The molecule has 0 aliphatic rings. The minimum atomic E-state index is -0.292. The van der Waals surface area contributed by atoms with Gasteiger partial charge < -0.3 is 4.74 Å². The summed E-state index contributed by atoms with van der Waals surface area (Å²) >= 11 is 1.30. The molecule has 4 heteroatoms. The summed E-state index contributed by atoms with van der Waals surface area (Å²) in [6, 6.07) is 13.3. The SMILES string of the molecule is COc1cccc(C(=O)c2cc3ccc(F)cc3s2)c1. The van der Waals surface area contributed by atoms with E-state index in [0.717, 1.165) is 10.1 Å². The molecule has 2 aromatic carbocycles. The van der Waals surface area contributed by atoms with Crippen molar-refractivity contribution >= 4 is 27.2 Å². The normalized spacial score (nSPS) is 10.7. The summed E-state index contributed by atoms with van der Waals surface area (Å²) in [7, 11) is 1.56. The van der Waals surface area contributed by atoms with Gasteiger partial charge in [0.2, 0.25) is 5.78 Å². The number of rotatable bonds is 3. The van der Waals surface area contributed by atoms with Gasteiger partial charge in [0.1, 0.15) is 11.6 Å². The maximum atomic E-state index is 13.2. The summed E-state index contributed by atoms with van der Waals surface area (Å²) in [5, 5.41) is 0.877. The van der Waals surface area contributed by atoms with E-state index in [2.05, 4.69) is 0 Å². The molecule has 0 saturated heterocycles. The molecule has 0 radical (unpaired) electrons. The van der Waals surface area contributed by atoms with Crippen molar-refractivity contribution in [3.05, 3.63) is 64.8 Å². The second-order valence-electron chi connectivity index (χ2n) is 4.35. The molecular weight excluding hydrogens is 275 g/mol.